The molecule has 31 heavy (non-hydrogen) atoms. The number of hydrogen-bond donors (Lipinski definition) is 1. The predicted molar refractivity (Wildman–Crippen MR) is 113 cm³/mol. The van der Waals surface area contributed by atoms with Gasteiger partial charge in [-0.3, -0.25) is 0 Å². The van der Waals surface area contributed by atoms with Crippen LogP contribution in [0.15, 0.2) is 30.4 Å². The van der Waals surface area contributed by atoms with E-state index in [-0.39, 0.29) is 25.1 Å². The minimum atomic E-state index is -0.833. The third kappa shape index (κ3) is 5.86. The number of rotatable bonds is 4. The van der Waals surface area contributed by atoms with Gasteiger partial charge in [0.15, 0.2) is 12.6 Å². The fraction of sp³-hybridized carbons (Fsp3) is 0.522. The van der Waals surface area contributed by atoms with Crippen LogP contribution in [-0.2, 0) is 18.9 Å². The SMILES string of the molecule is COCOc1cc(OC)cc2c1C(=O)OCC/C=C\C(O)[C@H]1OC(C)(C)O[C@H]1C/C=C/2. The lowest BCUT2D eigenvalue weighted by molar-refractivity contribution is -0.152. The van der Waals surface area contributed by atoms with Gasteiger partial charge < -0.3 is 33.5 Å². The Kier molecular flexibility index (Phi) is 7.72. The highest BCUT2D eigenvalue weighted by molar-refractivity contribution is 5.97. The third-order valence-electron chi connectivity index (χ3n) is 4.95. The molecule has 2 aliphatic heterocycles. The molecule has 0 amide bonds. The summed E-state index contributed by atoms with van der Waals surface area (Å²) in [6, 6.07) is 3.36. The van der Waals surface area contributed by atoms with Gasteiger partial charge in [-0.25, -0.2) is 4.79 Å². The van der Waals surface area contributed by atoms with Gasteiger partial charge in [0, 0.05) is 13.2 Å². The summed E-state index contributed by atoms with van der Waals surface area (Å²) in [6.45, 7) is 3.76. The van der Waals surface area contributed by atoms with Gasteiger partial charge in [-0.15, -0.1) is 0 Å². The van der Waals surface area contributed by atoms with Crippen LogP contribution in [0.5, 0.6) is 11.5 Å². The molecule has 2 aliphatic rings. The Hall–Kier alpha value is -2.39. The first-order valence-corrected chi connectivity index (χ1v) is 10.2. The number of esters is 1. The molecule has 1 fully saturated rings. The maximum absolute atomic E-state index is 12.9. The highest BCUT2D eigenvalue weighted by atomic mass is 16.8. The summed E-state index contributed by atoms with van der Waals surface area (Å²) in [7, 11) is 3.04. The number of carbonyl (C=O) groups is 1. The Bertz CT molecular complexity index is 829. The van der Waals surface area contributed by atoms with Gasteiger partial charge in [-0.2, -0.15) is 0 Å². The number of ether oxygens (including phenoxy) is 6. The van der Waals surface area contributed by atoms with Gasteiger partial charge in [0.05, 0.1) is 19.8 Å². The van der Waals surface area contributed by atoms with E-state index in [1.165, 1.54) is 14.2 Å². The minimum Gasteiger partial charge on any atom is -0.497 e. The first kappa shape index (κ1) is 23.3. The standard InChI is InChI=1S/C23H30O8/c1-23(2)30-18-10-7-8-15-12-16(27-4)13-19(29-14-26-3)20(15)22(25)28-11-6-5-9-17(24)21(18)31-23/h5,7-9,12-13,17-18,21,24H,6,10-11,14H2,1-4H3/b8-7+,9-5-/t17?,18-,21+/m0/s1. The number of hydrogen-bond acceptors (Lipinski definition) is 8. The highest BCUT2D eigenvalue weighted by Gasteiger charge is 2.43. The normalized spacial score (nSPS) is 27.9. The number of cyclic esters (lactones) is 1. The molecule has 170 valence electrons. The van der Waals surface area contributed by atoms with Gasteiger partial charge >= 0.3 is 5.97 Å². The second-order valence-corrected chi connectivity index (χ2v) is 7.76. The molecule has 2 heterocycles. The van der Waals surface area contributed by atoms with Crippen molar-refractivity contribution in [1.29, 1.82) is 0 Å². The molecule has 8 nitrogen and oxygen atoms in total. The van der Waals surface area contributed by atoms with Gasteiger partial charge in [-0.1, -0.05) is 24.3 Å². The summed E-state index contributed by atoms with van der Waals surface area (Å²) in [5, 5.41) is 10.5. The van der Waals surface area contributed by atoms with E-state index in [2.05, 4.69) is 0 Å². The fourth-order valence-corrected chi connectivity index (χ4v) is 3.62. The van der Waals surface area contributed by atoms with E-state index in [4.69, 9.17) is 28.4 Å². The molecule has 0 saturated carbocycles. The molecule has 3 atom stereocenters. The van der Waals surface area contributed by atoms with Gasteiger partial charge in [0.1, 0.15) is 29.3 Å². The Labute approximate surface area is 182 Å². The van der Waals surface area contributed by atoms with Crippen LogP contribution < -0.4 is 9.47 Å². The number of aliphatic hydroxyl groups excluding tert-OH is 1. The van der Waals surface area contributed by atoms with Crippen molar-refractivity contribution in [3.05, 3.63) is 41.5 Å². The number of fused-ring (bicyclic) bond motifs is 2. The van der Waals surface area contributed by atoms with Gasteiger partial charge in [-0.05, 0) is 38.3 Å². The van der Waals surface area contributed by atoms with E-state index in [1.807, 2.05) is 19.9 Å². The topological polar surface area (TPSA) is 92.7 Å². The Morgan fingerprint density at radius 2 is 2.00 bits per heavy atom. The van der Waals surface area contributed by atoms with Crippen LogP contribution in [0.2, 0.25) is 0 Å². The smallest absolute Gasteiger partial charge is 0.342 e. The van der Waals surface area contributed by atoms with Crippen LogP contribution in [0, 0.1) is 0 Å². The minimum absolute atomic E-state index is 0.0265. The Morgan fingerprint density at radius 3 is 2.74 bits per heavy atom. The maximum atomic E-state index is 12.9. The van der Waals surface area contributed by atoms with Gasteiger partial charge in [0.2, 0.25) is 0 Å². The molecular weight excluding hydrogens is 404 g/mol. The first-order valence-electron chi connectivity index (χ1n) is 10.2. The zero-order valence-corrected chi connectivity index (χ0v) is 18.3. The van der Waals surface area contributed by atoms with Gasteiger partial charge in [0.25, 0.3) is 0 Å². The van der Waals surface area contributed by atoms with E-state index in [0.29, 0.717) is 29.9 Å². The summed E-state index contributed by atoms with van der Waals surface area (Å²) in [4.78, 5) is 12.9. The van der Waals surface area contributed by atoms with E-state index >= 15 is 0 Å². The molecule has 1 N–H and O–H groups in total. The lowest BCUT2D eigenvalue weighted by Gasteiger charge is -2.20. The van der Waals surface area contributed by atoms with E-state index < -0.39 is 24.0 Å². The summed E-state index contributed by atoms with van der Waals surface area (Å²) in [5.74, 6) is -0.476. The number of carbonyl (C=O) groups excluding carboxylic acids is 1. The highest BCUT2D eigenvalue weighted by Crippen LogP contribution is 2.34. The zero-order valence-electron chi connectivity index (χ0n) is 18.3. The fourth-order valence-electron chi connectivity index (χ4n) is 3.62. The lowest BCUT2D eigenvalue weighted by atomic mass is 10.0. The molecule has 3 rings (SSSR count). The van der Waals surface area contributed by atoms with Crippen molar-refractivity contribution >= 4 is 12.0 Å². The molecule has 0 bridgehead atoms. The average Bonchev–Trinajstić information content (AvgIpc) is 3.05. The van der Waals surface area contributed by atoms with Crippen LogP contribution in [-0.4, -0.2) is 62.8 Å². The van der Waals surface area contributed by atoms with Crippen LogP contribution in [0.25, 0.3) is 6.08 Å². The second-order valence-electron chi connectivity index (χ2n) is 7.76. The van der Waals surface area contributed by atoms with Crippen molar-refractivity contribution in [2.24, 2.45) is 0 Å². The Balaban J connectivity index is 1.98. The number of aliphatic hydroxyl groups is 1. The van der Waals surface area contributed by atoms with Crippen molar-refractivity contribution < 1.29 is 38.3 Å². The van der Waals surface area contributed by atoms with E-state index in [9.17, 15) is 9.90 Å². The first-order chi connectivity index (χ1) is 14.8. The van der Waals surface area contributed by atoms with Crippen molar-refractivity contribution in [2.75, 3.05) is 27.6 Å². The third-order valence-corrected chi connectivity index (χ3v) is 4.95. The predicted octanol–water partition coefficient (Wildman–Crippen LogP) is 3.08. The second kappa shape index (κ2) is 10.3. The van der Waals surface area contributed by atoms with E-state index in [0.717, 1.165) is 0 Å². The number of methoxy groups -OCH3 is 2. The van der Waals surface area contributed by atoms with Crippen molar-refractivity contribution in [3.8, 4) is 11.5 Å². The average molecular weight is 434 g/mol. The molecule has 1 unspecified atom stereocenters. The van der Waals surface area contributed by atoms with Crippen molar-refractivity contribution in [3.63, 3.8) is 0 Å². The van der Waals surface area contributed by atoms with Crippen molar-refractivity contribution in [1.82, 2.24) is 0 Å². The molecule has 0 aromatic heterocycles. The quantitative estimate of drug-likeness (QED) is 0.439. The molecule has 1 aromatic rings. The molecule has 1 aromatic carbocycles. The van der Waals surface area contributed by atoms with E-state index in [1.54, 1.807) is 30.4 Å². The Morgan fingerprint density at radius 1 is 1.19 bits per heavy atom. The molecule has 0 aliphatic carbocycles. The molecule has 1 saturated heterocycles. The van der Waals surface area contributed by atoms with Crippen LogP contribution >= 0.6 is 0 Å². The largest absolute Gasteiger partial charge is 0.497 e. The van der Waals surface area contributed by atoms with Crippen LogP contribution in [0.1, 0.15) is 42.6 Å². The zero-order chi connectivity index (χ0) is 22.4. The summed E-state index contributed by atoms with van der Waals surface area (Å²) in [6.07, 6.45) is 6.31. The summed E-state index contributed by atoms with van der Waals surface area (Å²) >= 11 is 0. The number of benzene rings is 1. The van der Waals surface area contributed by atoms with Crippen molar-refractivity contribution in [2.45, 2.75) is 50.8 Å². The van der Waals surface area contributed by atoms with Crippen LogP contribution in [0.3, 0.4) is 0 Å². The summed E-state index contributed by atoms with van der Waals surface area (Å²) in [5.41, 5.74) is 0.869. The maximum Gasteiger partial charge on any atom is 0.342 e. The van der Waals surface area contributed by atoms with Crippen LogP contribution in [0.4, 0.5) is 0 Å². The summed E-state index contributed by atoms with van der Waals surface area (Å²) < 4.78 is 33.3. The molecule has 0 radical (unpaired) electrons. The molecule has 8 heteroatoms. The molecular formula is C23H30O8. The lowest BCUT2D eigenvalue weighted by Crippen LogP contribution is -2.34. The molecule has 0 spiro atoms. The monoisotopic (exact) mass is 434 g/mol.